The van der Waals surface area contributed by atoms with Crippen LogP contribution in [0.3, 0.4) is 0 Å². The third kappa shape index (κ3) is 7.48. The van der Waals surface area contributed by atoms with Crippen LogP contribution in [0, 0.1) is 6.92 Å². The summed E-state index contributed by atoms with van der Waals surface area (Å²) in [5, 5.41) is 6.23. The Morgan fingerprint density at radius 1 is 1.17 bits per heavy atom. The van der Waals surface area contributed by atoms with E-state index in [0.717, 1.165) is 10.5 Å². The first kappa shape index (κ1) is 19.5. The summed E-state index contributed by atoms with van der Waals surface area (Å²) in [5.74, 6) is -0.216. The van der Waals surface area contributed by atoms with E-state index in [1.54, 1.807) is 12.1 Å². The van der Waals surface area contributed by atoms with Crippen LogP contribution in [0.2, 0.25) is 5.02 Å². The van der Waals surface area contributed by atoms with Gasteiger partial charge in [0, 0.05) is 5.54 Å². The number of halogens is 1. The molecule has 1 aromatic rings. The van der Waals surface area contributed by atoms with Crippen molar-refractivity contribution < 1.29 is 14.5 Å². The predicted octanol–water partition coefficient (Wildman–Crippen LogP) is 1.41. The molecular formula is C17H27ClN3O2+. The summed E-state index contributed by atoms with van der Waals surface area (Å²) in [6.07, 6.45) is 0. The van der Waals surface area contributed by atoms with Crippen LogP contribution in [0.4, 0.5) is 5.69 Å². The van der Waals surface area contributed by atoms with Gasteiger partial charge in [0.2, 0.25) is 0 Å². The van der Waals surface area contributed by atoms with Gasteiger partial charge in [0.05, 0.1) is 17.3 Å². The molecule has 0 aliphatic heterocycles. The standard InChI is InChI=1S/C17H26ClN3O2/c1-6-21(11-16(23)20-17(3,4)5)10-15(22)19-14-8-7-12(2)9-13(14)18/h7-9H,6,10-11H2,1-5H3,(H,19,22)(H,20,23)/p+1. The van der Waals surface area contributed by atoms with Crippen LogP contribution in [-0.2, 0) is 9.59 Å². The average molecular weight is 341 g/mol. The summed E-state index contributed by atoms with van der Waals surface area (Å²) >= 11 is 6.12. The number of aryl methyl sites for hydroxylation is 1. The van der Waals surface area contributed by atoms with Gasteiger partial charge in [-0.3, -0.25) is 9.59 Å². The minimum Gasteiger partial charge on any atom is -0.347 e. The second-order valence-electron chi connectivity index (χ2n) is 6.79. The number of carbonyl (C=O) groups is 2. The first-order valence-electron chi connectivity index (χ1n) is 7.81. The van der Waals surface area contributed by atoms with E-state index in [0.29, 0.717) is 17.3 Å². The second kappa shape index (κ2) is 8.31. The van der Waals surface area contributed by atoms with Crippen molar-refractivity contribution in [3.05, 3.63) is 28.8 Å². The lowest BCUT2D eigenvalue weighted by Gasteiger charge is -2.23. The Labute approximate surface area is 143 Å². The molecule has 0 radical (unpaired) electrons. The highest BCUT2D eigenvalue weighted by Gasteiger charge is 2.20. The van der Waals surface area contributed by atoms with Gasteiger partial charge in [0.15, 0.2) is 13.1 Å². The van der Waals surface area contributed by atoms with Crippen LogP contribution >= 0.6 is 11.6 Å². The highest BCUT2D eigenvalue weighted by atomic mass is 35.5. The van der Waals surface area contributed by atoms with Crippen LogP contribution in [0.15, 0.2) is 18.2 Å². The van der Waals surface area contributed by atoms with Gasteiger partial charge in [-0.2, -0.15) is 0 Å². The zero-order valence-electron chi connectivity index (χ0n) is 14.5. The highest BCUT2D eigenvalue weighted by molar-refractivity contribution is 6.33. The number of quaternary nitrogens is 1. The number of nitrogens with one attached hydrogen (secondary N) is 3. The molecule has 3 N–H and O–H groups in total. The van der Waals surface area contributed by atoms with Crippen molar-refractivity contribution >= 4 is 29.1 Å². The molecular weight excluding hydrogens is 314 g/mol. The van der Waals surface area contributed by atoms with Crippen LogP contribution in [-0.4, -0.2) is 37.0 Å². The van der Waals surface area contributed by atoms with Crippen molar-refractivity contribution in [3.8, 4) is 0 Å². The molecule has 2 amide bonds. The fraction of sp³-hybridized carbons (Fsp3) is 0.529. The monoisotopic (exact) mass is 340 g/mol. The van der Waals surface area contributed by atoms with Crippen molar-refractivity contribution in [1.29, 1.82) is 0 Å². The molecule has 0 bridgehead atoms. The third-order valence-corrected chi connectivity index (χ3v) is 3.55. The summed E-state index contributed by atoms with van der Waals surface area (Å²) in [6, 6.07) is 5.48. The molecule has 1 atom stereocenters. The maximum atomic E-state index is 12.2. The Balaban J connectivity index is 2.58. The minimum atomic E-state index is -0.270. The van der Waals surface area contributed by atoms with Gasteiger partial charge in [-0.1, -0.05) is 17.7 Å². The molecule has 0 fully saturated rings. The Morgan fingerprint density at radius 2 is 1.78 bits per heavy atom. The number of benzene rings is 1. The highest BCUT2D eigenvalue weighted by Crippen LogP contribution is 2.22. The zero-order chi connectivity index (χ0) is 17.6. The SMILES string of the molecule is CC[NH+](CC(=O)Nc1ccc(C)cc1Cl)CC(=O)NC(C)(C)C. The Hall–Kier alpha value is -1.59. The quantitative estimate of drug-likeness (QED) is 0.733. The second-order valence-corrected chi connectivity index (χ2v) is 7.19. The number of rotatable bonds is 6. The summed E-state index contributed by atoms with van der Waals surface area (Å²) in [6.45, 7) is 10.9. The van der Waals surface area contributed by atoms with Crippen LogP contribution in [0.1, 0.15) is 33.3 Å². The van der Waals surface area contributed by atoms with E-state index < -0.39 is 0 Å². The van der Waals surface area contributed by atoms with Crippen molar-refractivity contribution in [2.24, 2.45) is 0 Å². The van der Waals surface area contributed by atoms with Gasteiger partial charge in [0.1, 0.15) is 0 Å². The lowest BCUT2D eigenvalue weighted by molar-refractivity contribution is -0.881. The lowest BCUT2D eigenvalue weighted by atomic mass is 10.1. The number of amides is 2. The fourth-order valence-corrected chi connectivity index (χ4v) is 2.43. The molecule has 0 aliphatic carbocycles. The normalized spacial score (nSPS) is 12.6. The smallest absolute Gasteiger partial charge is 0.279 e. The number of anilines is 1. The Morgan fingerprint density at radius 3 is 2.30 bits per heavy atom. The third-order valence-electron chi connectivity index (χ3n) is 3.23. The summed E-state index contributed by atoms with van der Waals surface area (Å²) in [7, 11) is 0. The van der Waals surface area contributed by atoms with E-state index in [2.05, 4.69) is 10.6 Å². The molecule has 0 saturated heterocycles. The van der Waals surface area contributed by atoms with Gasteiger partial charge in [-0.25, -0.2) is 0 Å². The van der Waals surface area contributed by atoms with E-state index in [1.165, 1.54) is 0 Å². The average Bonchev–Trinajstić information content (AvgIpc) is 2.39. The number of carbonyl (C=O) groups excluding carboxylic acids is 2. The lowest BCUT2D eigenvalue weighted by Crippen LogP contribution is -3.14. The largest absolute Gasteiger partial charge is 0.347 e. The van der Waals surface area contributed by atoms with Crippen molar-refractivity contribution in [3.63, 3.8) is 0 Å². The van der Waals surface area contributed by atoms with E-state index in [-0.39, 0.29) is 30.4 Å². The fourth-order valence-electron chi connectivity index (χ4n) is 2.14. The molecule has 0 aliphatic rings. The molecule has 128 valence electrons. The first-order chi connectivity index (χ1) is 10.6. The molecule has 0 aromatic heterocycles. The van der Waals surface area contributed by atoms with Crippen molar-refractivity contribution in [2.75, 3.05) is 25.0 Å². The maximum absolute atomic E-state index is 12.2. The molecule has 23 heavy (non-hydrogen) atoms. The molecule has 1 aromatic carbocycles. The Bertz CT molecular complexity index is 567. The maximum Gasteiger partial charge on any atom is 0.279 e. The molecule has 0 spiro atoms. The van der Waals surface area contributed by atoms with Gasteiger partial charge in [0.25, 0.3) is 11.8 Å². The van der Waals surface area contributed by atoms with Gasteiger partial charge in [-0.05, 0) is 52.3 Å². The minimum absolute atomic E-state index is 0.0597. The molecule has 6 heteroatoms. The van der Waals surface area contributed by atoms with E-state index in [9.17, 15) is 9.59 Å². The van der Waals surface area contributed by atoms with Crippen LogP contribution < -0.4 is 15.5 Å². The molecule has 1 unspecified atom stereocenters. The van der Waals surface area contributed by atoms with Crippen LogP contribution in [0.5, 0.6) is 0 Å². The zero-order valence-corrected chi connectivity index (χ0v) is 15.3. The van der Waals surface area contributed by atoms with Gasteiger partial charge >= 0.3 is 0 Å². The Kier molecular flexibility index (Phi) is 7.03. The van der Waals surface area contributed by atoms with E-state index in [1.807, 2.05) is 40.7 Å². The van der Waals surface area contributed by atoms with E-state index >= 15 is 0 Å². The van der Waals surface area contributed by atoms with Crippen molar-refractivity contribution in [1.82, 2.24) is 5.32 Å². The summed E-state index contributed by atoms with van der Waals surface area (Å²) in [5.41, 5.74) is 1.36. The summed E-state index contributed by atoms with van der Waals surface area (Å²) < 4.78 is 0. The number of hydrogen-bond donors (Lipinski definition) is 3. The number of likely N-dealkylation sites (N-methyl/N-ethyl adjacent to an activating group) is 1. The van der Waals surface area contributed by atoms with Gasteiger partial charge in [-0.15, -0.1) is 0 Å². The van der Waals surface area contributed by atoms with E-state index in [4.69, 9.17) is 11.6 Å². The van der Waals surface area contributed by atoms with Crippen LogP contribution in [0.25, 0.3) is 0 Å². The topological polar surface area (TPSA) is 62.6 Å². The molecule has 0 saturated carbocycles. The predicted molar refractivity (Wildman–Crippen MR) is 94.0 cm³/mol. The molecule has 0 heterocycles. The molecule has 1 rings (SSSR count). The summed E-state index contributed by atoms with van der Waals surface area (Å²) in [4.78, 5) is 25.0. The van der Waals surface area contributed by atoms with Crippen molar-refractivity contribution in [2.45, 2.75) is 40.2 Å². The molecule has 5 nitrogen and oxygen atoms in total. The first-order valence-corrected chi connectivity index (χ1v) is 8.19. The van der Waals surface area contributed by atoms with Gasteiger partial charge < -0.3 is 15.5 Å². The number of hydrogen-bond acceptors (Lipinski definition) is 2.